The minimum Gasteiger partial charge on any atom is -0.458 e. The lowest BCUT2D eigenvalue weighted by molar-refractivity contribution is -0.146. The minimum atomic E-state index is -2.23. The van der Waals surface area contributed by atoms with Crippen LogP contribution in [-0.2, 0) is 14.3 Å². The summed E-state index contributed by atoms with van der Waals surface area (Å²) in [5, 5.41) is 13.8. The van der Waals surface area contributed by atoms with Gasteiger partial charge in [-0.1, -0.05) is 48.6 Å². The fraction of sp³-hybridized carbons (Fsp3) is 0.500. The number of esters is 1. The van der Waals surface area contributed by atoms with Gasteiger partial charge in [0.25, 0.3) is 0 Å². The van der Waals surface area contributed by atoms with Crippen molar-refractivity contribution in [2.24, 2.45) is 0 Å². The molecule has 23 heavy (non-hydrogen) atoms. The van der Waals surface area contributed by atoms with Gasteiger partial charge in [-0.25, -0.2) is 9.59 Å². The Kier molecular flexibility index (Phi) is 5.11. The van der Waals surface area contributed by atoms with Gasteiger partial charge in [-0.3, -0.25) is 0 Å². The number of ether oxygens (including phenoxy) is 2. The van der Waals surface area contributed by atoms with Crippen molar-refractivity contribution >= 4 is 25.3 Å². The molecule has 0 bridgehead atoms. The molecule has 0 aliphatic carbocycles. The Morgan fingerprint density at radius 1 is 1.35 bits per heavy atom. The summed E-state index contributed by atoms with van der Waals surface area (Å²) in [7, 11) is -0.986. The molecule has 2 N–H and O–H groups in total. The van der Waals surface area contributed by atoms with E-state index < -0.39 is 38.4 Å². The van der Waals surface area contributed by atoms with Gasteiger partial charge in [0.2, 0.25) is 0 Å². The van der Waals surface area contributed by atoms with Gasteiger partial charge in [-0.2, -0.15) is 0 Å². The average Bonchev–Trinajstić information content (AvgIpc) is 2.86. The van der Waals surface area contributed by atoms with Crippen LogP contribution in [0.1, 0.15) is 6.92 Å². The Balaban J connectivity index is 2.42. The number of carbonyl (C=O) groups is 2. The lowest BCUT2D eigenvalue weighted by Crippen LogP contribution is -2.57. The third kappa shape index (κ3) is 3.40. The van der Waals surface area contributed by atoms with E-state index in [2.05, 4.69) is 23.1 Å². The van der Waals surface area contributed by atoms with Gasteiger partial charge in [0.1, 0.15) is 12.1 Å². The number of alkyl carbamates (subject to hydrolysis) is 1. The molecule has 6 nitrogen and oxygen atoms in total. The van der Waals surface area contributed by atoms with E-state index >= 15 is 0 Å². The first kappa shape index (κ1) is 17.5. The molecule has 4 atom stereocenters. The zero-order valence-electron chi connectivity index (χ0n) is 13.8. The largest absolute Gasteiger partial charge is 0.458 e. The van der Waals surface area contributed by atoms with Gasteiger partial charge in [0.15, 0.2) is 0 Å². The number of hydrogen-bond acceptors (Lipinski definition) is 5. The zero-order chi connectivity index (χ0) is 17.2. The molecule has 2 rings (SSSR count). The Morgan fingerprint density at radius 2 is 1.96 bits per heavy atom. The van der Waals surface area contributed by atoms with Crippen molar-refractivity contribution in [3.8, 4) is 0 Å². The number of nitrogens with one attached hydrogen (secondary N) is 1. The van der Waals surface area contributed by atoms with Crippen molar-refractivity contribution in [1.29, 1.82) is 0 Å². The highest BCUT2D eigenvalue weighted by atomic mass is 28.3. The van der Waals surface area contributed by atoms with Crippen LogP contribution in [0.5, 0.6) is 0 Å². The summed E-state index contributed by atoms with van der Waals surface area (Å²) in [4.78, 5) is 23.9. The monoisotopic (exact) mass is 337 g/mol. The molecule has 126 valence electrons. The van der Waals surface area contributed by atoms with Gasteiger partial charge >= 0.3 is 12.1 Å². The number of hydrogen-bond donors (Lipinski definition) is 2. The Bertz CT molecular complexity index is 575. The van der Waals surface area contributed by atoms with Gasteiger partial charge < -0.3 is 19.9 Å². The predicted molar refractivity (Wildman–Crippen MR) is 88.2 cm³/mol. The second kappa shape index (κ2) is 6.72. The van der Waals surface area contributed by atoms with Crippen molar-refractivity contribution in [3.63, 3.8) is 0 Å². The van der Waals surface area contributed by atoms with Crippen LogP contribution in [0.25, 0.3) is 0 Å². The number of rotatable bonds is 4. The van der Waals surface area contributed by atoms with E-state index in [1.54, 1.807) is 6.92 Å². The third-order valence-electron chi connectivity index (χ3n) is 4.50. The van der Waals surface area contributed by atoms with Crippen molar-refractivity contribution in [2.45, 2.75) is 43.8 Å². The standard InChI is InChI=1S/C16H23NO5Si/c1-10(18)13-14(12(15(19)22-13)17-16(20)21-2)23(3,4)11-8-6-5-7-9-11/h5-10,12-14,18H,1-4H3,(H,17,20)/t10-,12-,13+,14-/m0/s1. The van der Waals surface area contributed by atoms with E-state index in [1.807, 2.05) is 30.3 Å². The fourth-order valence-electron chi connectivity index (χ4n) is 3.24. The molecule has 0 spiro atoms. The molecule has 0 saturated carbocycles. The van der Waals surface area contributed by atoms with Crippen LogP contribution < -0.4 is 10.5 Å². The second-order valence-electron chi connectivity index (χ2n) is 6.37. The molecule has 1 aliphatic heterocycles. The van der Waals surface area contributed by atoms with Crippen LogP contribution in [-0.4, -0.2) is 50.6 Å². The summed E-state index contributed by atoms with van der Waals surface area (Å²) in [5.74, 6) is -0.525. The first-order valence-electron chi connectivity index (χ1n) is 7.57. The van der Waals surface area contributed by atoms with E-state index in [-0.39, 0.29) is 5.54 Å². The molecule has 1 aromatic rings. The Hall–Kier alpha value is -1.86. The van der Waals surface area contributed by atoms with Crippen LogP contribution in [0, 0.1) is 0 Å². The van der Waals surface area contributed by atoms with Crippen molar-refractivity contribution < 1.29 is 24.2 Å². The van der Waals surface area contributed by atoms with E-state index in [0.29, 0.717) is 0 Å². The summed E-state index contributed by atoms with van der Waals surface area (Å²) >= 11 is 0. The highest BCUT2D eigenvalue weighted by Gasteiger charge is 2.55. The summed E-state index contributed by atoms with van der Waals surface area (Å²) in [6.45, 7) is 5.81. The maximum Gasteiger partial charge on any atom is 0.407 e. The number of amides is 1. The van der Waals surface area contributed by atoms with E-state index in [1.165, 1.54) is 7.11 Å². The maximum atomic E-state index is 12.2. The molecule has 1 saturated heterocycles. The molecule has 1 amide bonds. The summed E-state index contributed by atoms with van der Waals surface area (Å²) in [5.41, 5.74) is -0.295. The second-order valence-corrected chi connectivity index (χ2v) is 11.1. The summed E-state index contributed by atoms with van der Waals surface area (Å²) in [6, 6.07) is 9.04. The predicted octanol–water partition coefficient (Wildman–Crippen LogP) is 1.00. The van der Waals surface area contributed by atoms with Gasteiger partial charge in [-0.15, -0.1) is 0 Å². The van der Waals surface area contributed by atoms with Crippen LogP contribution >= 0.6 is 0 Å². The smallest absolute Gasteiger partial charge is 0.407 e. The number of benzene rings is 1. The average molecular weight is 337 g/mol. The van der Waals surface area contributed by atoms with Crippen LogP contribution in [0.3, 0.4) is 0 Å². The van der Waals surface area contributed by atoms with E-state index in [9.17, 15) is 14.7 Å². The highest BCUT2D eigenvalue weighted by molar-refractivity contribution is 6.91. The lowest BCUT2D eigenvalue weighted by Gasteiger charge is -2.36. The third-order valence-corrected chi connectivity index (χ3v) is 8.65. The van der Waals surface area contributed by atoms with Gasteiger partial charge in [0, 0.05) is 5.54 Å². The number of carbonyl (C=O) groups excluding carboxylic acids is 2. The lowest BCUT2D eigenvalue weighted by atomic mass is 10.1. The van der Waals surface area contributed by atoms with Crippen molar-refractivity contribution in [1.82, 2.24) is 5.32 Å². The van der Waals surface area contributed by atoms with Crippen LogP contribution in [0.2, 0.25) is 18.6 Å². The topological polar surface area (TPSA) is 84.9 Å². The van der Waals surface area contributed by atoms with Crippen LogP contribution in [0.15, 0.2) is 30.3 Å². The molecule has 7 heteroatoms. The zero-order valence-corrected chi connectivity index (χ0v) is 14.8. The molecular weight excluding hydrogens is 314 g/mol. The van der Waals surface area contributed by atoms with Gasteiger partial charge in [-0.05, 0) is 6.92 Å². The molecule has 1 fully saturated rings. The van der Waals surface area contributed by atoms with Crippen molar-refractivity contribution in [3.05, 3.63) is 30.3 Å². The van der Waals surface area contributed by atoms with Crippen LogP contribution in [0.4, 0.5) is 4.79 Å². The normalized spacial score (nSPS) is 25.6. The number of aliphatic hydroxyl groups excluding tert-OH is 1. The summed E-state index contributed by atoms with van der Waals surface area (Å²) < 4.78 is 9.99. The minimum absolute atomic E-state index is 0.295. The quantitative estimate of drug-likeness (QED) is 0.632. The molecule has 1 heterocycles. The molecule has 1 aliphatic rings. The molecule has 0 unspecified atom stereocenters. The molecular formula is C16H23NO5Si. The maximum absolute atomic E-state index is 12.2. The van der Waals surface area contributed by atoms with E-state index in [0.717, 1.165) is 5.19 Å². The molecule has 1 aromatic carbocycles. The fourth-order valence-corrected chi connectivity index (χ4v) is 6.89. The Morgan fingerprint density at radius 3 is 2.48 bits per heavy atom. The molecule has 0 aromatic heterocycles. The SMILES string of the molecule is COC(=O)N[C@@H]1C(=O)O[C@H]([C@H](C)O)[C@H]1[Si](C)(C)c1ccccc1. The number of aliphatic hydroxyl groups is 1. The van der Waals surface area contributed by atoms with Gasteiger partial charge in [0.05, 0.1) is 21.3 Å². The summed E-state index contributed by atoms with van der Waals surface area (Å²) in [6.07, 6.45) is -2.14. The van der Waals surface area contributed by atoms with Crippen molar-refractivity contribution in [2.75, 3.05) is 7.11 Å². The number of cyclic esters (lactones) is 1. The van der Waals surface area contributed by atoms with E-state index in [4.69, 9.17) is 4.74 Å². The first-order chi connectivity index (χ1) is 10.8. The first-order valence-corrected chi connectivity index (χ1v) is 10.7. The molecule has 0 radical (unpaired) electrons. The number of methoxy groups -OCH3 is 1. The highest BCUT2D eigenvalue weighted by Crippen LogP contribution is 2.38. The Labute approximate surface area is 136 Å².